The number of nitrogens with zero attached hydrogens (tertiary/aromatic N) is 2. The van der Waals surface area contributed by atoms with Crippen LogP contribution in [0.2, 0.25) is 0 Å². The summed E-state index contributed by atoms with van der Waals surface area (Å²) in [7, 11) is -1.78. The van der Waals surface area contributed by atoms with Gasteiger partial charge < -0.3 is 19.0 Å². The lowest BCUT2D eigenvalue weighted by Crippen LogP contribution is -2.37. The molecule has 3 rings (SSSR count). The molecule has 0 saturated heterocycles. The Balaban J connectivity index is 2.17. The molecule has 3 aromatic rings. The third kappa shape index (κ3) is 6.95. The van der Waals surface area contributed by atoms with Crippen molar-refractivity contribution in [3.05, 3.63) is 59.4 Å². The summed E-state index contributed by atoms with van der Waals surface area (Å²) in [4.78, 5) is 33.2. The second kappa shape index (κ2) is 11.5. The number of benzene rings is 2. The van der Waals surface area contributed by atoms with Crippen LogP contribution in [0.3, 0.4) is 0 Å². The standard InChI is InChI=1S/C25H25F3N2O8S/c1-14(2)37-17-8-6-7-15(9-17)23(31)22-19-11-21(36-4)20(35-3)10-18(19)16(12-29-22)13-30(39(5,33)34)38-24(32)25(26,27)28/h6-12,14H,13H2,1-5H3. The van der Waals surface area contributed by atoms with Crippen molar-refractivity contribution < 1.29 is 50.2 Å². The fourth-order valence-electron chi connectivity index (χ4n) is 3.55. The van der Waals surface area contributed by atoms with E-state index < -0.39 is 34.5 Å². The predicted molar refractivity (Wildman–Crippen MR) is 133 cm³/mol. The van der Waals surface area contributed by atoms with Crippen LogP contribution in [0.15, 0.2) is 42.6 Å². The van der Waals surface area contributed by atoms with Gasteiger partial charge in [-0.25, -0.2) is 13.2 Å². The first kappa shape index (κ1) is 29.6. The predicted octanol–water partition coefficient (Wildman–Crippen LogP) is 4.05. The zero-order chi connectivity index (χ0) is 29.1. The molecule has 0 saturated carbocycles. The molecule has 210 valence electrons. The van der Waals surface area contributed by atoms with Gasteiger partial charge in [-0.05, 0) is 53.5 Å². The van der Waals surface area contributed by atoms with Gasteiger partial charge in [-0.2, -0.15) is 13.2 Å². The van der Waals surface area contributed by atoms with Crippen molar-refractivity contribution in [1.29, 1.82) is 0 Å². The molecule has 0 radical (unpaired) electrons. The SMILES string of the molecule is COc1cc2c(CN(OC(=O)C(F)(F)F)S(C)(=O)=O)cnc(C(=O)c3cccc(OC(C)C)c3)c2cc1OC. The van der Waals surface area contributed by atoms with Gasteiger partial charge >= 0.3 is 12.1 Å². The molecule has 0 atom stereocenters. The average molecular weight is 571 g/mol. The van der Waals surface area contributed by atoms with Gasteiger partial charge in [0.15, 0.2) is 11.5 Å². The number of hydrogen-bond acceptors (Lipinski definition) is 9. The molecule has 10 nitrogen and oxygen atoms in total. The van der Waals surface area contributed by atoms with Gasteiger partial charge in [0.1, 0.15) is 11.4 Å². The Labute approximate surface area is 222 Å². The Morgan fingerprint density at radius 2 is 1.64 bits per heavy atom. The monoisotopic (exact) mass is 570 g/mol. The second-order valence-corrected chi connectivity index (χ2v) is 10.4. The van der Waals surface area contributed by atoms with E-state index in [9.17, 15) is 31.2 Å². The van der Waals surface area contributed by atoms with Crippen LogP contribution in [0.25, 0.3) is 10.8 Å². The van der Waals surface area contributed by atoms with Crippen LogP contribution in [0.1, 0.15) is 35.5 Å². The number of alkyl halides is 3. The number of carbonyl (C=O) groups excluding carboxylic acids is 2. The van der Waals surface area contributed by atoms with Gasteiger partial charge in [0.2, 0.25) is 15.8 Å². The lowest BCUT2D eigenvalue weighted by Gasteiger charge is -2.21. The highest BCUT2D eigenvalue weighted by Crippen LogP contribution is 2.36. The van der Waals surface area contributed by atoms with Crippen LogP contribution in [-0.2, 0) is 26.2 Å². The van der Waals surface area contributed by atoms with E-state index in [0.29, 0.717) is 12.0 Å². The Morgan fingerprint density at radius 1 is 1.03 bits per heavy atom. The third-order valence-electron chi connectivity index (χ3n) is 5.24. The quantitative estimate of drug-likeness (QED) is 0.263. The molecule has 0 N–H and O–H groups in total. The van der Waals surface area contributed by atoms with Crippen molar-refractivity contribution in [2.24, 2.45) is 0 Å². The molecule has 1 aromatic heterocycles. The molecule has 14 heteroatoms. The van der Waals surface area contributed by atoms with Crippen molar-refractivity contribution in [3.63, 3.8) is 0 Å². The van der Waals surface area contributed by atoms with Crippen molar-refractivity contribution in [2.75, 3.05) is 20.5 Å². The maximum Gasteiger partial charge on any atom is 0.492 e. The minimum absolute atomic E-state index is 0.0137. The molecular formula is C25H25F3N2O8S. The van der Waals surface area contributed by atoms with E-state index >= 15 is 0 Å². The number of aromatic nitrogens is 1. The van der Waals surface area contributed by atoms with Crippen molar-refractivity contribution in [3.8, 4) is 17.2 Å². The van der Waals surface area contributed by atoms with E-state index in [1.807, 2.05) is 13.8 Å². The highest BCUT2D eigenvalue weighted by Gasteiger charge is 2.44. The summed E-state index contributed by atoms with van der Waals surface area (Å²) >= 11 is 0. The smallest absolute Gasteiger partial charge is 0.492 e. The number of ether oxygens (including phenoxy) is 3. The first-order chi connectivity index (χ1) is 18.1. The largest absolute Gasteiger partial charge is 0.493 e. The maximum absolute atomic E-state index is 13.5. The topological polar surface area (TPSA) is 121 Å². The van der Waals surface area contributed by atoms with Gasteiger partial charge in [-0.1, -0.05) is 12.1 Å². The summed E-state index contributed by atoms with van der Waals surface area (Å²) in [5.41, 5.74) is 0.191. The molecule has 0 unspecified atom stereocenters. The number of hydrogen-bond donors (Lipinski definition) is 0. The lowest BCUT2D eigenvalue weighted by molar-refractivity contribution is -0.223. The van der Waals surface area contributed by atoms with Gasteiger partial charge in [-0.3, -0.25) is 9.78 Å². The Kier molecular flexibility index (Phi) is 8.70. The molecule has 0 aliphatic carbocycles. The van der Waals surface area contributed by atoms with Gasteiger partial charge in [0, 0.05) is 17.1 Å². The lowest BCUT2D eigenvalue weighted by atomic mass is 9.99. The number of halogens is 3. The summed E-state index contributed by atoms with van der Waals surface area (Å²) in [5, 5.41) is 0.373. The number of fused-ring (bicyclic) bond motifs is 1. The maximum atomic E-state index is 13.5. The molecule has 0 amide bonds. The molecule has 0 fully saturated rings. The molecule has 0 bridgehead atoms. The Morgan fingerprint density at radius 3 is 2.18 bits per heavy atom. The van der Waals surface area contributed by atoms with Crippen molar-refractivity contribution >= 4 is 32.5 Å². The third-order valence-corrected chi connectivity index (χ3v) is 6.19. The molecule has 0 aliphatic rings. The number of rotatable bonds is 10. The first-order valence-corrected chi connectivity index (χ1v) is 13.1. The first-order valence-electron chi connectivity index (χ1n) is 11.3. The van der Waals surface area contributed by atoms with Crippen LogP contribution in [0.5, 0.6) is 17.2 Å². The molecule has 2 aromatic carbocycles. The van der Waals surface area contributed by atoms with Crippen molar-refractivity contribution in [2.45, 2.75) is 32.7 Å². The van der Waals surface area contributed by atoms with Crippen LogP contribution in [0.4, 0.5) is 13.2 Å². The summed E-state index contributed by atoms with van der Waals surface area (Å²) in [6, 6.07) is 9.24. The summed E-state index contributed by atoms with van der Waals surface area (Å²) < 4.78 is 78.9. The van der Waals surface area contributed by atoms with Gasteiger partial charge in [0.25, 0.3) is 0 Å². The summed E-state index contributed by atoms with van der Waals surface area (Å²) in [6.45, 7) is 2.81. The van der Waals surface area contributed by atoms with E-state index in [4.69, 9.17) is 14.2 Å². The summed E-state index contributed by atoms with van der Waals surface area (Å²) in [5.74, 6) is -2.40. The van der Waals surface area contributed by atoms with Crippen LogP contribution in [0, 0.1) is 0 Å². The summed E-state index contributed by atoms with van der Waals surface area (Å²) in [6.07, 6.45) is -3.91. The molecule has 1 heterocycles. The van der Waals surface area contributed by atoms with Crippen LogP contribution in [-0.4, -0.2) is 62.4 Å². The average Bonchev–Trinajstić information content (AvgIpc) is 2.85. The highest BCUT2D eigenvalue weighted by molar-refractivity contribution is 7.88. The van der Waals surface area contributed by atoms with E-state index in [1.165, 1.54) is 32.4 Å². The number of hydroxylamine groups is 1. The molecule has 0 aliphatic heterocycles. The van der Waals surface area contributed by atoms with Crippen LogP contribution >= 0.6 is 0 Å². The van der Waals surface area contributed by atoms with E-state index in [1.54, 1.807) is 18.2 Å². The minimum Gasteiger partial charge on any atom is -0.493 e. The molecule has 39 heavy (non-hydrogen) atoms. The van der Waals surface area contributed by atoms with E-state index in [0.717, 1.165) is 6.20 Å². The second-order valence-electron chi connectivity index (χ2n) is 8.51. The molecular weight excluding hydrogens is 545 g/mol. The highest BCUT2D eigenvalue weighted by atomic mass is 32.2. The zero-order valence-electron chi connectivity index (χ0n) is 21.5. The normalized spacial score (nSPS) is 12.1. The fourth-order valence-corrected chi connectivity index (χ4v) is 4.13. The number of ketones is 1. The van der Waals surface area contributed by atoms with Crippen LogP contribution < -0.4 is 14.2 Å². The Bertz CT molecular complexity index is 1510. The van der Waals surface area contributed by atoms with Crippen molar-refractivity contribution in [1.82, 2.24) is 9.45 Å². The fraction of sp³-hybridized carbons (Fsp3) is 0.320. The zero-order valence-corrected chi connectivity index (χ0v) is 22.3. The van der Waals surface area contributed by atoms with E-state index in [-0.39, 0.29) is 49.7 Å². The Hall–Kier alpha value is -3.91. The van der Waals surface area contributed by atoms with E-state index in [2.05, 4.69) is 9.82 Å². The number of carbonyl (C=O) groups is 2. The number of sulfonamides is 1. The number of methoxy groups -OCH3 is 2. The molecule has 0 spiro atoms. The minimum atomic E-state index is -5.44. The van der Waals surface area contributed by atoms with Gasteiger partial charge in [0.05, 0.1) is 33.1 Å². The van der Waals surface area contributed by atoms with Gasteiger partial charge in [-0.15, -0.1) is 0 Å². The number of pyridine rings is 1.